The largest absolute Gasteiger partial charge is 0.339 e. The van der Waals surface area contributed by atoms with Crippen molar-refractivity contribution in [3.8, 4) is 0 Å². The van der Waals surface area contributed by atoms with E-state index in [-0.39, 0.29) is 10.8 Å². The van der Waals surface area contributed by atoms with Gasteiger partial charge in [-0.15, -0.1) is 0 Å². The Balaban J connectivity index is 2.38. The zero-order valence-corrected chi connectivity index (χ0v) is 15.7. The molecule has 24 heavy (non-hydrogen) atoms. The van der Waals surface area contributed by atoms with Gasteiger partial charge in [0.1, 0.15) is 0 Å². The van der Waals surface area contributed by atoms with Gasteiger partial charge in [0.05, 0.1) is 4.90 Å². The number of benzene rings is 1. The van der Waals surface area contributed by atoms with Gasteiger partial charge in [-0.3, -0.25) is 4.79 Å². The summed E-state index contributed by atoms with van der Waals surface area (Å²) < 4.78 is 27.7. The first-order chi connectivity index (χ1) is 11.4. The molecule has 0 aliphatic carbocycles. The van der Waals surface area contributed by atoms with Crippen LogP contribution in [-0.2, 0) is 10.0 Å². The second kappa shape index (κ2) is 8.12. The summed E-state index contributed by atoms with van der Waals surface area (Å²) in [5, 5.41) is 0. The lowest BCUT2D eigenvalue weighted by atomic mass is 10.1. The number of carbonyl (C=O) groups excluding carboxylic acids is 1. The number of carbonyl (C=O) groups is 1. The molecule has 1 aliphatic heterocycles. The number of hydrogen-bond donors (Lipinski definition) is 0. The van der Waals surface area contributed by atoms with Gasteiger partial charge in [0.15, 0.2) is 0 Å². The van der Waals surface area contributed by atoms with Crippen molar-refractivity contribution >= 4 is 15.9 Å². The van der Waals surface area contributed by atoms with Gasteiger partial charge in [-0.2, -0.15) is 4.31 Å². The SMILES string of the molecule is CCN(CC)C(=O)c1ccc(C)c(S(=O)(=O)N2CCCCCC2)c1. The molecule has 0 N–H and O–H groups in total. The van der Waals surface area contributed by atoms with Crippen LogP contribution in [0.2, 0.25) is 0 Å². The molecule has 0 spiro atoms. The standard InChI is InChI=1S/C18H28N2O3S/c1-4-19(5-2)18(21)16-11-10-15(3)17(14-16)24(22,23)20-12-8-6-7-9-13-20/h10-11,14H,4-9,12-13H2,1-3H3. The van der Waals surface area contributed by atoms with Crippen molar-refractivity contribution in [3.63, 3.8) is 0 Å². The molecule has 0 unspecified atom stereocenters. The molecule has 5 nitrogen and oxygen atoms in total. The van der Waals surface area contributed by atoms with Crippen LogP contribution in [-0.4, -0.2) is 49.7 Å². The lowest BCUT2D eigenvalue weighted by Crippen LogP contribution is -2.33. The summed E-state index contributed by atoms with van der Waals surface area (Å²) in [6.45, 7) is 7.98. The van der Waals surface area contributed by atoms with Crippen LogP contribution in [0.25, 0.3) is 0 Å². The predicted octanol–water partition coefficient (Wildman–Crippen LogP) is 3.04. The minimum atomic E-state index is -3.55. The monoisotopic (exact) mass is 352 g/mol. The zero-order chi connectivity index (χ0) is 17.7. The molecule has 1 heterocycles. The van der Waals surface area contributed by atoms with E-state index in [1.165, 1.54) is 0 Å². The lowest BCUT2D eigenvalue weighted by molar-refractivity contribution is 0.0772. The predicted molar refractivity (Wildman–Crippen MR) is 95.7 cm³/mol. The van der Waals surface area contributed by atoms with Crippen LogP contribution in [0.15, 0.2) is 23.1 Å². The Bertz CT molecular complexity index is 674. The topological polar surface area (TPSA) is 57.7 Å². The molecule has 1 fully saturated rings. The van der Waals surface area contributed by atoms with E-state index < -0.39 is 10.0 Å². The van der Waals surface area contributed by atoms with Gasteiger partial charge in [-0.05, 0) is 51.3 Å². The smallest absolute Gasteiger partial charge is 0.253 e. The fraction of sp³-hybridized carbons (Fsp3) is 0.611. The van der Waals surface area contributed by atoms with E-state index in [0.717, 1.165) is 25.7 Å². The summed E-state index contributed by atoms with van der Waals surface area (Å²) in [6.07, 6.45) is 3.95. The second-order valence-electron chi connectivity index (χ2n) is 6.28. The van der Waals surface area contributed by atoms with E-state index >= 15 is 0 Å². The number of amides is 1. The first-order valence-electron chi connectivity index (χ1n) is 8.81. The number of aryl methyl sites for hydroxylation is 1. The number of rotatable bonds is 5. The maximum Gasteiger partial charge on any atom is 0.253 e. The molecule has 0 radical (unpaired) electrons. The van der Waals surface area contributed by atoms with Crippen molar-refractivity contribution in [2.75, 3.05) is 26.2 Å². The zero-order valence-electron chi connectivity index (χ0n) is 14.9. The number of sulfonamides is 1. The van der Waals surface area contributed by atoms with Gasteiger partial charge in [0, 0.05) is 31.7 Å². The normalized spacial score (nSPS) is 16.6. The molecule has 1 aromatic carbocycles. The van der Waals surface area contributed by atoms with Crippen molar-refractivity contribution in [3.05, 3.63) is 29.3 Å². The summed E-state index contributed by atoms with van der Waals surface area (Å²) in [5.41, 5.74) is 1.13. The average molecular weight is 353 g/mol. The summed E-state index contributed by atoms with van der Waals surface area (Å²) >= 11 is 0. The van der Waals surface area contributed by atoms with Crippen LogP contribution in [0.1, 0.15) is 55.5 Å². The molecule has 0 bridgehead atoms. The summed E-state index contributed by atoms with van der Waals surface area (Å²) in [5.74, 6) is -0.118. The lowest BCUT2D eigenvalue weighted by Gasteiger charge is -2.23. The van der Waals surface area contributed by atoms with Gasteiger partial charge in [-0.1, -0.05) is 18.9 Å². The minimum Gasteiger partial charge on any atom is -0.339 e. The van der Waals surface area contributed by atoms with Crippen LogP contribution in [0.3, 0.4) is 0 Å². The molecule has 1 saturated heterocycles. The summed E-state index contributed by atoms with van der Waals surface area (Å²) in [7, 11) is -3.55. The van der Waals surface area contributed by atoms with Crippen molar-refractivity contribution in [2.45, 2.75) is 51.3 Å². The van der Waals surface area contributed by atoms with Crippen molar-refractivity contribution in [2.24, 2.45) is 0 Å². The third-order valence-electron chi connectivity index (χ3n) is 4.67. The van der Waals surface area contributed by atoms with Crippen molar-refractivity contribution in [1.29, 1.82) is 0 Å². The highest BCUT2D eigenvalue weighted by Crippen LogP contribution is 2.24. The minimum absolute atomic E-state index is 0.118. The van der Waals surface area contributed by atoms with Crippen molar-refractivity contribution in [1.82, 2.24) is 9.21 Å². The highest BCUT2D eigenvalue weighted by molar-refractivity contribution is 7.89. The van der Waals surface area contributed by atoms with Crippen LogP contribution >= 0.6 is 0 Å². The van der Waals surface area contributed by atoms with Crippen LogP contribution in [0, 0.1) is 6.92 Å². The van der Waals surface area contributed by atoms with E-state index in [2.05, 4.69) is 0 Å². The molecule has 1 aliphatic rings. The first kappa shape index (κ1) is 18.9. The van der Waals surface area contributed by atoms with E-state index in [1.807, 2.05) is 13.8 Å². The van der Waals surface area contributed by atoms with E-state index in [1.54, 1.807) is 34.3 Å². The molecule has 1 amide bonds. The summed E-state index contributed by atoms with van der Waals surface area (Å²) in [6, 6.07) is 5.01. The third-order valence-corrected chi connectivity index (χ3v) is 6.71. The van der Waals surface area contributed by atoms with Gasteiger partial charge in [0.25, 0.3) is 5.91 Å². The van der Waals surface area contributed by atoms with E-state index in [0.29, 0.717) is 37.3 Å². The highest BCUT2D eigenvalue weighted by atomic mass is 32.2. The summed E-state index contributed by atoms with van der Waals surface area (Å²) in [4.78, 5) is 14.5. The molecule has 6 heteroatoms. The Morgan fingerprint density at radius 1 is 1.08 bits per heavy atom. The molecule has 0 atom stereocenters. The fourth-order valence-electron chi connectivity index (χ4n) is 3.13. The molecule has 0 saturated carbocycles. The Hall–Kier alpha value is -1.40. The fourth-order valence-corrected chi connectivity index (χ4v) is 4.89. The molecule has 2 rings (SSSR count). The maximum absolute atomic E-state index is 13.0. The average Bonchev–Trinajstić information content (AvgIpc) is 2.86. The van der Waals surface area contributed by atoms with Crippen LogP contribution < -0.4 is 0 Å². The Kier molecular flexibility index (Phi) is 6.40. The Morgan fingerprint density at radius 3 is 2.21 bits per heavy atom. The number of nitrogens with zero attached hydrogens (tertiary/aromatic N) is 2. The quantitative estimate of drug-likeness (QED) is 0.818. The van der Waals surface area contributed by atoms with Gasteiger partial charge in [-0.25, -0.2) is 8.42 Å². The first-order valence-corrected chi connectivity index (χ1v) is 10.3. The van der Waals surface area contributed by atoms with E-state index in [4.69, 9.17) is 0 Å². The molecule has 0 aromatic heterocycles. The molecular formula is C18H28N2O3S. The van der Waals surface area contributed by atoms with Crippen LogP contribution in [0.5, 0.6) is 0 Å². The van der Waals surface area contributed by atoms with E-state index in [9.17, 15) is 13.2 Å². The maximum atomic E-state index is 13.0. The van der Waals surface area contributed by atoms with Crippen LogP contribution in [0.4, 0.5) is 0 Å². The van der Waals surface area contributed by atoms with Gasteiger partial charge in [0.2, 0.25) is 10.0 Å². The number of hydrogen-bond acceptors (Lipinski definition) is 3. The Morgan fingerprint density at radius 2 is 1.67 bits per heavy atom. The molecule has 1 aromatic rings. The third kappa shape index (κ3) is 3.98. The molecular weight excluding hydrogens is 324 g/mol. The van der Waals surface area contributed by atoms with Gasteiger partial charge < -0.3 is 4.90 Å². The molecule has 134 valence electrons. The van der Waals surface area contributed by atoms with Gasteiger partial charge >= 0.3 is 0 Å². The second-order valence-corrected chi connectivity index (χ2v) is 8.18. The Labute approximate surface area is 145 Å². The highest BCUT2D eigenvalue weighted by Gasteiger charge is 2.27. The van der Waals surface area contributed by atoms with Crippen molar-refractivity contribution < 1.29 is 13.2 Å².